The van der Waals surface area contributed by atoms with Crippen LogP contribution in [0.25, 0.3) is 10.1 Å². The summed E-state index contributed by atoms with van der Waals surface area (Å²) in [5, 5.41) is 12.4. The molecule has 70 valence electrons. The number of thiophene rings is 1. The summed E-state index contributed by atoms with van der Waals surface area (Å²) in [5.74, 6) is 0. The number of thiol groups is 1. The second-order valence-corrected chi connectivity index (χ2v) is 4.65. The Labute approximate surface area is 96.3 Å². The summed E-state index contributed by atoms with van der Waals surface area (Å²) in [4.78, 5) is 0.829. The smallest absolute Gasteiger partial charge is 0.0670 e. The van der Waals surface area contributed by atoms with E-state index in [1.54, 1.807) is 11.3 Å². The minimum absolute atomic E-state index is 0.309. The molecule has 2 aromatic rings. The third kappa shape index (κ3) is 1.50. The highest BCUT2D eigenvalue weighted by Gasteiger charge is 2.09. The Hall–Kier alpha value is -0.690. The van der Waals surface area contributed by atoms with Crippen LogP contribution >= 0.6 is 35.6 Å². The van der Waals surface area contributed by atoms with E-state index in [4.69, 9.17) is 16.9 Å². The van der Waals surface area contributed by atoms with E-state index < -0.39 is 0 Å². The van der Waals surface area contributed by atoms with E-state index in [1.165, 1.54) is 0 Å². The minimum Gasteiger partial charge on any atom is -0.198 e. The maximum absolute atomic E-state index is 8.65. The van der Waals surface area contributed by atoms with Gasteiger partial charge in [-0.2, -0.15) is 5.26 Å². The second-order valence-electron chi connectivity index (χ2n) is 2.85. The number of benzene rings is 1. The Kier molecular flexibility index (Phi) is 2.69. The molecule has 0 amide bonds. The number of hydrogen-bond donors (Lipinski definition) is 1. The predicted molar refractivity (Wildman–Crippen MR) is 63.4 cm³/mol. The van der Waals surface area contributed by atoms with Crippen molar-refractivity contribution in [1.82, 2.24) is 0 Å². The summed E-state index contributed by atoms with van der Waals surface area (Å²) in [6.45, 7) is 0. The van der Waals surface area contributed by atoms with Crippen LogP contribution in [0.1, 0.15) is 5.56 Å². The Balaban J connectivity index is 2.77. The summed E-state index contributed by atoms with van der Waals surface area (Å²) >= 11 is 12.1. The molecular formula is C10H6ClNS2. The van der Waals surface area contributed by atoms with Crippen LogP contribution < -0.4 is 0 Å². The molecule has 4 heteroatoms. The third-order valence-electron chi connectivity index (χ3n) is 2.04. The molecule has 0 radical (unpaired) electrons. The van der Waals surface area contributed by atoms with Gasteiger partial charge in [0.15, 0.2) is 0 Å². The van der Waals surface area contributed by atoms with E-state index in [-0.39, 0.29) is 0 Å². The zero-order valence-electron chi connectivity index (χ0n) is 7.12. The van der Waals surface area contributed by atoms with E-state index in [0.717, 1.165) is 20.5 Å². The van der Waals surface area contributed by atoms with Crippen molar-refractivity contribution in [3.8, 4) is 6.07 Å². The molecule has 1 aromatic carbocycles. The Morgan fingerprint density at radius 2 is 2.36 bits per heavy atom. The lowest BCUT2D eigenvalue weighted by molar-refractivity contribution is 1.21. The fraction of sp³-hybridized carbons (Fsp3) is 0.100. The van der Waals surface area contributed by atoms with Crippen LogP contribution in [0.2, 0.25) is 5.02 Å². The van der Waals surface area contributed by atoms with Crippen molar-refractivity contribution in [2.24, 2.45) is 0 Å². The summed E-state index contributed by atoms with van der Waals surface area (Å²) in [6.07, 6.45) is 0.309. The molecular weight excluding hydrogens is 234 g/mol. The molecule has 1 heterocycles. The van der Waals surface area contributed by atoms with E-state index in [9.17, 15) is 0 Å². The average molecular weight is 240 g/mol. The van der Waals surface area contributed by atoms with Gasteiger partial charge in [0.05, 0.1) is 12.5 Å². The van der Waals surface area contributed by atoms with Gasteiger partial charge in [-0.3, -0.25) is 0 Å². The van der Waals surface area contributed by atoms with Crippen LogP contribution in [-0.2, 0) is 6.42 Å². The molecule has 0 unspecified atom stereocenters. The van der Waals surface area contributed by atoms with E-state index in [1.807, 2.05) is 17.5 Å². The zero-order valence-corrected chi connectivity index (χ0v) is 9.59. The molecule has 0 N–H and O–H groups in total. The maximum atomic E-state index is 8.65. The fourth-order valence-electron chi connectivity index (χ4n) is 1.35. The first kappa shape index (κ1) is 9.85. The number of rotatable bonds is 1. The van der Waals surface area contributed by atoms with Crippen LogP contribution in [-0.4, -0.2) is 0 Å². The van der Waals surface area contributed by atoms with Gasteiger partial charge in [-0.15, -0.1) is 24.0 Å². The van der Waals surface area contributed by atoms with E-state index in [0.29, 0.717) is 11.4 Å². The zero-order chi connectivity index (χ0) is 10.1. The highest BCUT2D eigenvalue weighted by atomic mass is 35.5. The molecule has 1 nitrogen and oxygen atoms in total. The average Bonchev–Trinajstić information content (AvgIpc) is 2.60. The highest BCUT2D eigenvalue weighted by molar-refractivity contribution is 7.80. The number of hydrogen-bond acceptors (Lipinski definition) is 3. The van der Waals surface area contributed by atoms with Gasteiger partial charge in [-0.25, -0.2) is 0 Å². The topological polar surface area (TPSA) is 23.8 Å². The maximum Gasteiger partial charge on any atom is 0.0670 e. The highest BCUT2D eigenvalue weighted by Crippen LogP contribution is 2.34. The summed E-state index contributed by atoms with van der Waals surface area (Å²) in [6, 6.07) is 5.99. The summed E-state index contributed by atoms with van der Waals surface area (Å²) in [7, 11) is 0. The van der Waals surface area contributed by atoms with Crippen LogP contribution in [0.5, 0.6) is 0 Å². The van der Waals surface area contributed by atoms with Crippen molar-refractivity contribution in [3.63, 3.8) is 0 Å². The van der Waals surface area contributed by atoms with Crippen LogP contribution in [0.4, 0.5) is 0 Å². The lowest BCUT2D eigenvalue weighted by Crippen LogP contribution is -1.86. The van der Waals surface area contributed by atoms with Gasteiger partial charge in [0.1, 0.15) is 0 Å². The fourth-order valence-corrected chi connectivity index (χ4v) is 3.06. The Morgan fingerprint density at radius 1 is 1.57 bits per heavy atom. The quantitative estimate of drug-likeness (QED) is 0.750. The standard InChI is InChI=1S/C10H6ClNS2/c11-8-5-9-7(2-4-14-9)10(13)6(8)1-3-12/h2,4-5,13H,1H2. The molecule has 0 aliphatic heterocycles. The molecule has 0 bridgehead atoms. The van der Waals surface area contributed by atoms with Gasteiger partial charge in [0, 0.05) is 20.0 Å². The lowest BCUT2D eigenvalue weighted by atomic mass is 10.1. The van der Waals surface area contributed by atoms with Gasteiger partial charge < -0.3 is 0 Å². The molecule has 0 spiro atoms. The van der Waals surface area contributed by atoms with Gasteiger partial charge in [0.2, 0.25) is 0 Å². The Morgan fingerprint density at radius 3 is 3.07 bits per heavy atom. The van der Waals surface area contributed by atoms with Crippen molar-refractivity contribution in [2.45, 2.75) is 11.3 Å². The SMILES string of the molecule is N#CCc1c(Cl)cc2sccc2c1S. The first-order valence-electron chi connectivity index (χ1n) is 3.98. The second kappa shape index (κ2) is 3.82. The predicted octanol–water partition coefficient (Wildman–Crippen LogP) is 3.91. The number of fused-ring (bicyclic) bond motifs is 1. The summed E-state index contributed by atoms with van der Waals surface area (Å²) in [5.41, 5.74) is 0.823. The van der Waals surface area contributed by atoms with Crippen LogP contribution in [0, 0.1) is 11.3 Å². The van der Waals surface area contributed by atoms with E-state index in [2.05, 4.69) is 18.7 Å². The van der Waals surface area contributed by atoms with Crippen molar-refractivity contribution in [1.29, 1.82) is 5.26 Å². The normalized spacial score (nSPS) is 10.4. The minimum atomic E-state index is 0.309. The first-order chi connectivity index (χ1) is 6.74. The molecule has 0 aliphatic carbocycles. The monoisotopic (exact) mass is 239 g/mol. The summed E-state index contributed by atoms with van der Waals surface area (Å²) < 4.78 is 1.11. The largest absolute Gasteiger partial charge is 0.198 e. The van der Waals surface area contributed by atoms with Crippen molar-refractivity contribution >= 4 is 45.7 Å². The first-order valence-corrected chi connectivity index (χ1v) is 5.69. The van der Waals surface area contributed by atoms with Gasteiger partial charge in [-0.05, 0) is 23.1 Å². The lowest BCUT2D eigenvalue weighted by Gasteiger charge is -2.04. The number of halogens is 1. The van der Waals surface area contributed by atoms with Gasteiger partial charge in [-0.1, -0.05) is 11.6 Å². The molecule has 14 heavy (non-hydrogen) atoms. The molecule has 0 saturated carbocycles. The van der Waals surface area contributed by atoms with Crippen LogP contribution in [0.15, 0.2) is 22.4 Å². The number of nitrogens with zero attached hydrogens (tertiary/aromatic N) is 1. The van der Waals surface area contributed by atoms with Crippen molar-refractivity contribution < 1.29 is 0 Å². The molecule has 0 saturated heterocycles. The third-order valence-corrected chi connectivity index (χ3v) is 3.75. The van der Waals surface area contributed by atoms with Gasteiger partial charge >= 0.3 is 0 Å². The molecule has 0 fully saturated rings. The molecule has 0 aliphatic rings. The van der Waals surface area contributed by atoms with Crippen LogP contribution in [0.3, 0.4) is 0 Å². The Bertz CT molecular complexity index is 525. The number of nitriles is 1. The van der Waals surface area contributed by atoms with Gasteiger partial charge in [0.25, 0.3) is 0 Å². The molecule has 1 aromatic heterocycles. The van der Waals surface area contributed by atoms with Crippen molar-refractivity contribution in [2.75, 3.05) is 0 Å². The molecule has 2 rings (SSSR count). The van der Waals surface area contributed by atoms with E-state index >= 15 is 0 Å². The molecule has 0 atom stereocenters. The van der Waals surface area contributed by atoms with Crippen molar-refractivity contribution in [3.05, 3.63) is 28.1 Å².